The Kier molecular flexibility index (Phi) is 3.95. The number of fused-ring (bicyclic) bond motifs is 1. The van der Waals surface area contributed by atoms with Gasteiger partial charge in [-0.3, -0.25) is 9.59 Å². The molecule has 1 atom stereocenters. The van der Waals surface area contributed by atoms with Gasteiger partial charge in [0.05, 0.1) is 19.6 Å². The Bertz CT molecular complexity index is 709. The first-order valence-corrected chi connectivity index (χ1v) is 7.13. The smallest absolute Gasteiger partial charge is 0.394 e. The molecule has 7 nitrogen and oxygen atoms in total. The normalized spacial score (nSPS) is 17.5. The molecule has 0 aliphatic carbocycles. The van der Waals surface area contributed by atoms with Gasteiger partial charge in [0.15, 0.2) is 5.58 Å². The van der Waals surface area contributed by atoms with Crippen molar-refractivity contribution in [3.63, 3.8) is 0 Å². The molecule has 116 valence electrons. The first kappa shape index (κ1) is 14.4. The second-order valence-corrected chi connectivity index (χ2v) is 5.10. The molecular weight excluding hydrogens is 288 g/mol. The molecule has 1 amide bonds. The number of hydrogen-bond donors (Lipinski definition) is 1. The average molecular weight is 304 g/mol. The van der Waals surface area contributed by atoms with Crippen LogP contribution >= 0.6 is 0 Å². The molecule has 22 heavy (non-hydrogen) atoms. The Morgan fingerprint density at radius 3 is 3.09 bits per heavy atom. The van der Waals surface area contributed by atoms with Gasteiger partial charge in [-0.05, 0) is 25.1 Å². The molecule has 2 aromatic rings. The van der Waals surface area contributed by atoms with Gasteiger partial charge in [-0.2, -0.15) is 4.98 Å². The lowest BCUT2D eigenvalue weighted by Crippen LogP contribution is -2.16. The highest BCUT2D eigenvalue weighted by Crippen LogP contribution is 2.24. The number of carbonyl (C=O) groups is 2. The molecule has 1 aliphatic heterocycles. The van der Waals surface area contributed by atoms with Crippen molar-refractivity contribution >= 4 is 28.7 Å². The summed E-state index contributed by atoms with van der Waals surface area (Å²) in [6.07, 6.45) is 0.767. The predicted molar refractivity (Wildman–Crippen MR) is 77.5 cm³/mol. The summed E-state index contributed by atoms with van der Waals surface area (Å²) >= 11 is 0. The summed E-state index contributed by atoms with van der Waals surface area (Å²) in [6.45, 7) is 2.63. The Morgan fingerprint density at radius 1 is 1.50 bits per heavy atom. The van der Waals surface area contributed by atoms with Gasteiger partial charge in [-0.15, -0.1) is 0 Å². The third kappa shape index (κ3) is 3.19. The number of amides is 1. The molecule has 1 unspecified atom stereocenters. The summed E-state index contributed by atoms with van der Waals surface area (Å²) in [4.78, 5) is 27.2. The van der Waals surface area contributed by atoms with Gasteiger partial charge in [0.1, 0.15) is 5.52 Å². The fourth-order valence-corrected chi connectivity index (χ4v) is 2.34. The molecule has 3 rings (SSSR count). The Balaban J connectivity index is 1.65. The first-order valence-electron chi connectivity index (χ1n) is 7.13. The minimum Gasteiger partial charge on any atom is -0.465 e. The van der Waals surface area contributed by atoms with Crippen molar-refractivity contribution in [3.05, 3.63) is 18.2 Å². The van der Waals surface area contributed by atoms with Gasteiger partial charge < -0.3 is 19.2 Å². The van der Waals surface area contributed by atoms with Crippen LogP contribution in [0.2, 0.25) is 0 Å². The second-order valence-electron chi connectivity index (χ2n) is 5.10. The van der Waals surface area contributed by atoms with E-state index in [4.69, 9.17) is 13.9 Å². The third-order valence-corrected chi connectivity index (χ3v) is 3.33. The van der Waals surface area contributed by atoms with Crippen LogP contribution < -0.4 is 10.1 Å². The van der Waals surface area contributed by atoms with Crippen LogP contribution in [0, 0.1) is 5.92 Å². The molecule has 1 fully saturated rings. The van der Waals surface area contributed by atoms with E-state index in [9.17, 15) is 9.59 Å². The van der Waals surface area contributed by atoms with E-state index >= 15 is 0 Å². The van der Waals surface area contributed by atoms with Crippen molar-refractivity contribution in [1.29, 1.82) is 0 Å². The van der Waals surface area contributed by atoms with Crippen molar-refractivity contribution in [1.82, 2.24) is 4.98 Å². The van der Waals surface area contributed by atoms with E-state index in [0.717, 1.165) is 0 Å². The zero-order chi connectivity index (χ0) is 15.5. The number of anilines is 1. The van der Waals surface area contributed by atoms with Crippen molar-refractivity contribution in [2.24, 2.45) is 5.92 Å². The molecule has 1 aromatic carbocycles. The van der Waals surface area contributed by atoms with E-state index in [1.807, 2.05) is 6.92 Å². The lowest BCUT2D eigenvalue weighted by Gasteiger charge is -2.07. The van der Waals surface area contributed by atoms with E-state index in [1.54, 1.807) is 18.2 Å². The zero-order valence-corrected chi connectivity index (χ0v) is 12.1. The number of oxazole rings is 1. The van der Waals surface area contributed by atoms with E-state index in [1.165, 1.54) is 0 Å². The molecule has 1 aromatic heterocycles. The van der Waals surface area contributed by atoms with Crippen LogP contribution in [0.3, 0.4) is 0 Å². The molecule has 0 spiro atoms. The van der Waals surface area contributed by atoms with Gasteiger partial charge in [-0.1, -0.05) is 0 Å². The van der Waals surface area contributed by atoms with Crippen LogP contribution in [0.5, 0.6) is 6.08 Å². The predicted octanol–water partition coefficient (Wildman–Crippen LogP) is 2.12. The minimum absolute atomic E-state index is 0.0483. The van der Waals surface area contributed by atoms with Crippen molar-refractivity contribution < 1.29 is 23.5 Å². The molecule has 1 N–H and O–H groups in total. The number of ether oxygens (including phenoxy) is 2. The van der Waals surface area contributed by atoms with Crippen LogP contribution in [-0.2, 0) is 14.3 Å². The maximum absolute atomic E-state index is 12.0. The van der Waals surface area contributed by atoms with Crippen LogP contribution in [-0.4, -0.2) is 30.1 Å². The number of cyclic esters (lactones) is 1. The fraction of sp³-hybridized carbons (Fsp3) is 0.400. The fourth-order valence-electron chi connectivity index (χ4n) is 2.34. The third-order valence-electron chi connectivity index (χ3n) is 3.33. The van der Waals surface area contributed by atoms with E-state index in [0.29, 0.717) is 36.4 Å². The highest BCUT2D eigenvalue weighted by Gasteiger charge is 2.25. The number of benzene rings is 1. The Morgan fingerprint density at radius 2 is 2.36 bits per heavy atom. The topological polar surface area (TPSA) is 90.7 Å². The number of carbonyl (C=O) groups excluding carboxylic acids is 2. The van der Waals surface area contributed by atoms with Gasteiger partial charge in [0.25, 0.3) is 0 Å². The number of nitrogens with zero attached hydrogens (tertiary/aromatic N) is 1. The van der Waals surface area contributed by atoms with Crippen LogP contribution in [0.25, 0.3) is 11.1 Å². The summed E-state index contributed by atoms with van der Waals surface area (Å²) in [5.74, 6) is -0.450. The van der Waals surface area contributed by atoms with E-state index in [-0.39, 0.29) is 30.3 Å². The highest BCUT2D eigenvalue weighted by molar-refractivity contribution is 5.93. The molecule has 0 saturated carbocycles. The zero-order valence-electron chi connectivity index (χ0n) is 12.1. The SMILES string of the molecule is CCOc1nc2cc(NC(=O)CC3COC(=O)C3)ccc2o1. The summed E-state index contributed by atoms with van der Waals surface area (Å²) in [5.41, 5.74) is 1.83. The summed E-state index contributed by atoms with van der Waals surface area (Å²) < 4.78 is 15.4. The molecule has 7 heteroatoms. The Labute approximate surface area is 126 Å². The lowest BCUT2D eigenvalue weighted by atomic mass is 10.0. The Hall–Kier alpha value is -2.57. The summed E-state index contributed by atoms with van der Waals surface area (Å²) in [7, 11) is 0. The quantitative estimate of drug-likeness (QED) is 0.851. The first-order chi connectivity index (χ1) is 10.6. The maximum Gasteiger partial charge on any atom is 0.394 e. The molecule has 0 bridgehead atoms. The van der Waals surface area contributed by atoms with Crippen molar-refractivity contribution in [3.8, 4) is 6.08 Å². The second kappa shape index (κ2) is 6.05. The van der Waals surface area contributed by atoms with Gasteiger partial charge in [0, 0.05) is 18.0 Å². The number of rotatable bonds is 5. The average Bonchev–Trinajstić information content (AvgIpc) is 3.04. The number of aromatic nitrogens is 1. The summed E-state index contributed by atoms with van der Waals surface area (Å²) in [6, 6.07) is 5.18. The van der Waals surface area contributed by atoms with Gasteiger partial charge in [0.2, 0.25) is 5.91 Å². The van der Waals surface area contributed by atoms with E-state index in [2.05, 4.69) is 10.3 Å². The molecule has 1 aliphatic rings. The molecular formula is C15H16N2O5. The maximum atomic E-state index is 12.0. The standard InChI is InChI=1S/C15H16N2O5/c1-2-20-15-17-11-7-10(3-4-12(11)22-15)16-13(18)5-9-6-14(19)21-8-9/h3-4,7,9H,2,5-6,8H2,1H3,(H,16,18). The number of esters is 1. The highest BCUT2D eigenvalue weighted by atomic mass is 16.6. The molecule has 2 heterocycles. The lowest BCUT2D eigenvalue weighted by molar-refractivity contribution is -0.138. The number of hydrogen-bond acceptors (Lipinski definition) is 6. The van der Waals surface area contributed by atoms with E-state index < -0.39 is 0 Å². The van der Waals surface area contributed by atoms with Crippen LogP contribution in [0.4, 0.5) is 5.69 Å². The molecule has 0 radical (unpaired) electrons. The minimum atomic E-state index is -0.245. The monoisotopic (exact) mass is 304 g/mol. The van der Waals surface area contributed by atoms with Gasteiger partial charge in [-0.25, -0.2) is 0 Å². The molecule has 1 saturated heterocycles. The number of nitrogens with one attached hydrogen (secondary N) is 1. The van der Waals surface area contributed by atoms with Crippen molar-refractivity contribution in [2.45, 2.75) is 19.8 Å². The largest absolute Gasteiger partial charge is 0.465 e. The van der Waals surface area contributed by atoms with Crippen molar-refractivity contribution in [2.75, 3.05) is 18.5 Å². The van der Waals surface area contributed by atoms with Crippen LogP contribution in [0.15, 0.2) is 22.6 Å². The van der Waals surface area contributed by atoms with Gasteiger partial charge >= 0.3 is 12.0 Å². The van der Waals surface area contributed by atoms with Crippen LogP contribution in [0.1, 0.15) is 19.8 Å². The summed E-state index contributed by atoms with van der Waals surface area (Å²) in [5, 5.41) is 2.79.